The first-order chi connectivity index (χ1) is 11.9. The molecule has 0 spiro atoms. The first kappa shape index (κ1) is 16.1. The number of nitrogens with one attached hydrogen (secondary N) is 1. The van der Waals surface area contributed by atoms with E-state index in [9.17, 15) is 0 Å². The van der Waals surface area contributed by atoms with Crippen molar-refractivity contribution in [3.05, 3.63) is 29.5 Å². The average Bonchev–Trinajstić information content (AvgIpc) is 3.35. The molecule has 0 aliphatic heterocycles. The van der Waals surface area contributed by atoms with Crippen LogP contribution in [0.15, 0.2) is 32.5 Å². The Bertz CT molecular complexity index is 762. The molecule has 3 aromatic heterocycles. The summed E-state index contributed by atoms with van der Waals surface area (Å²) in [5.41, 5.74) is 0.931. The molecule has 126 valence electrons. The van der Waals surface area contributed by atoms with Crippen molar-refractivity contribution >= 4 is 39.6 Å². The van der Waals surface area contributed by atoms with E-state index in [1.807, 2.05) is 17.5 Å². The normalized spacial score (nSPS) is 15.7. The lowest BCUT2D eigenvalue weighted by molar-refractivity contribution is 0.462. The number of thiophene rings is 1. The SMILES string of the molecule is c1csc(-c2nc(CSc3nnc(NC4CCCCC4)s3)co2)c1. The third-order valence-electron chi connectivity index (χ3n) is 3.97. The van der Waals surface area contributed by atoms with Gasteiger partial charge < -0.3 is 9.73 Å². The summed E-state index contributed by atoms with van der Waals surface area (Å²) in [5, 5.41) is 15.0. The molecular formula is C16H18N4OS3. The van der Waals surface area contributed by atoms with Crippen molar-refractivity contribution < 1.29 is 4.42 Å². The number of hydrogen-bond donors (Lipinski definition) is 1. The monoisotopic (exact) mass is 378 g/mol. The van der Waals surface area contributed by atoms with E-state index in [0.29, 0.717) is 11.9 Å². The van der Waals surface area contributed by atoms with Crippen LogP contribution in [-0.2, 0) is 5.75 Å². The number of anilines is 1. The Morgan fingerprint density at radius 2 is 2.17 bits per heavy atom. The highest BCUT2D eigenvalue weighted by Crippen LogP contribution is 2.31. The van der Waals surface area contributed by atoms with Crippen molar-refractivity contribution in [1.82, 2.24) is 15.2 Å². The zero-order valence-electron chi connectivity index (χ0n) is 13.1. The molecule has 0 atom stereocenters. The first-order valence-electron chi connectivity index (χ1n) is 8.08. The molecule has 0 saturated heterocycles. The molecular weight excluding hydrogens is 360 g/mol. The Balaban J connectivity index is 1.31. The van der Waals surface area contributed by atoms with Crippen molar-refractivity contribution in [2.75, 3.05) is 5.32 Å². The fourth-order valence-electron chi connectivity index (χ4n) is 2.77. The van der Waals surface area contributed by atoms with Gasteiger partial charge in [0.05, 0.1) is 10.6 Å². The number of oxazole rings is 1. The highest BCUT2D eigenvalue weighted by atomic mass is 32.2. The van der Waals surface area contributed by atoms with Crippen LogP contribution < -0.4 is 5.32 Å². The molecule has 3 heterocycles. The average molecular weight is 379 g/mol. The topological polar surface area (TPSA) is 63.8 Å². The quantitative estimate of drug-likeness (QED) is 0.588. The van der Waals surface area contributed by atoms with Crippen molar-refractivity contribution in [3.63, 3.8) is 0 Å². The van der Waals surface area contributed by atoms with Crippen molar-refractivity contribution in [2.45, 2.75) is 48.2 Å². The summed E-state index contributed by atoms with van der Waals surface area (Å²) in [7, 11) is 0. The maximum absolute atomic E-state index is 5.54. The van der Waals surface area contributed by atoms with Gasteiger partial charge in [-0.15, -0.1) is 21.5 Å². The van der Waals surface area contributed by atoms with Gasteiger partial charge in [-0.3, -0.25) is 0 Å². The Hall–Kier alpha value is -1.38. The van der Waals surface area contributed by atoms with E-state index in [2.05, 4.69) is 20.5 Å². The Morgan fingerprint density at radius 1 is 1.25 bits per heavy atom. The number of hydrogen-bond acceptors (Lipinski definition) is 8. The molecule has 1 fully saturated rings. The summed E-state index contributed by atoms with van der Waals surface area (Å²) in [5.74, 6) is 1.44. The fraction of sp³-hybridized carbons (Fsp3) is 0.438. The maximum atomic E-state index is 5.54. The summed E-state index contributed by atoms with van der Waals surface area (Å²) in [6.07, 6.45) is 8.21. The van der Waals surface area contributed by atoms with Crippen molar-refractivity contribution in [1.29, 1.82) is 0 Å². The number of thioether (sulfide) groups is 1. The van der Waals surface area contributed by atoms with E-state index in [1.54, 1.807) is 40.7 Å². The number of nitrogens with zero attached hydrogens (tertiary/aromatic N) is 3. The molecule has 0 unspecified atom stereocenters. The van der Waals surface area contributed by atoms with Gasteiger partial charge >= 0.3 is 0 Å². The zero-order valence-corrected chi connectivity index (χ0v) is 15.6. The van der Waals surface area contributed by atoms with Crippen LogP contribution in [0, 0.1) is 0 Å². The third-order valence-corrected chi connectivity index (χ3v) is 6.85. The summed E-state index contributed by atoms with van der Waals surface area (Å²) in [6.45, 7) is 0. The summed E-state index contributed by atoms with van der Waals surface area (Å²) >= 11 is 4.91. The lowest BCUT2D eigenvalue weighted by atomic mass is 9.96. The number of aromatic nitrogens is 3. The molecule has 1 aliphatic carbocycles. The highest BCUT2D eigenvalue weighted by molar-refractivity contribution is 8.00. The van der Waals surface area contributed by atoms with Gasteiger partial charge in [0, 0.05) is 11.8 Å². The third kappa shape index (κ3) is 3.99. The summed E-state index contributed by atoms with van der Waals surface area (Å²) in [6, 6.07) is 4.58. The summed E-state index contributed by atoms with van der Waals surface area (Å²) in [4.78, 5) is 5.59. The van der Waals surface area contributed by atoms with Gasteiger partial charge in [-0.2, -0.15) is 0 Å². The second-order valence-electron chi connectivity index (χ2n) is 5.76. The van der Waals surface area contributed by atoms with Crippen molar-refractivity contribution in [3.8, 4) is 10.8 Å². The molecule has 5 nitrogen and oxygen atoms in total. The molecule has 1 aliphatic rings. The molecule has 0 amide bonds. The van der Waals surface area contributed by atoms with Crippen LogP contribution in [0.1, 0.15) is 37.8 Å². The second kappa shape index (κ2) is 7.67. The Morgan fingerprint density at radius 3 is 3.00 bits per heavy atom. The van der Waals surface area contributed by atoms with Gasteiger partial charge in [0.25, 0.3) is 0 Å². The lowest BCUT2D eigenvalue weighted by Gasteiger charge is -2.21. The van der Waals surface area contributed by atoms with Gasteiger partial charge in [-0.1, -0.05) is 48.4 Å². The molecule has 24 heavy (non-hydrogen) atoms. The molecule has 4 rings (SSSR count). The number of rotatable bonds is 6. The van der Waals surface area contributed by atoms with E-state index in [0.717, 1.165) is 25.8 Å². The van der Waals surface area contributed by atoms with Gasteiger partial charge in [0.15, 0.2) is 4.34 Å². The molecule has 1 saturated carbocycles. The van der Waals surface area contributed by atoms with Gasteiger partial charge in [0.1, 0.15) is 6.26 Å². The Labute approximate surface area is 152 Å². The van der Waals surface area contributed by atoms with E-state index in [1.165, 1.54) is 32.1 Å². The smallest absolute Gasteiger partial charge is 0.236 e. The van der Waals surface area contributed by atoms with E-state index in [4.69, 9.17) is 4.42 Å². The highest BCUT2D eigenvalue weighted by Gasteiger charge is 2.15. The van der Waals surface area contributed by atoms with Crippen LogP contribution in [0.25, 0.3) is 10.8 Å². The van der Waals surface area contributed by atoms with Crippen LogP contribution in [0.3, 0.4) is 0 Å². The van der Waals surface area contributed by atoms with Crippen LogP contribution in [0.2, 0.25) is 0 Å². The molecule has 8 heteroatoms. The van der Waals surface area contributed by atoms with E-state index < -0.39 is 0 Å². The van der Waals surface area contributed by atoms with Crippen molar-refractivity contribution in [2.24, 2.45) is 0 Å². The molecule has 1 N–H and O–H groups in total. The summed E-state index contributed by atoms with van der Waals surface area (Å²) < 4.78 is 6.51. The minimum atomic E-state index is 0.563. The van der Waals surface area contributed by atoms with Crippen LogP contribution in [0.4, 0.5) is 5.13 Å². The van der Waals surface area contributed by atoms with E-state index >= 15 is 0 Å². The predicted octanol–water partition coefficient (Wildman–Crippen LogP) is 5.29. The largest absolute Gasteiger partial charge is 0.444 e. The van der Waals surface area contributed by atoms with Gasteiger partial charge in [-0.25, -0.2) is 4.98 Å². The maximum Gasteiger partial charge on any atom is 0.236 e. The zero-order chi connectivity index (χ0) is 16.2. The second-order valence-corrected chi connectivity index (χ2v) is 8.91. The lowest BCUT2D eigenvalue weighted by Crippen LogP contribution is -2.21. The molecule has 3 aromatic rings. The minimum Gasteiger partial charge on any atom is -0.444 e. The molecule has 0 radical (unpaired) electrons. The van der Waals surface area contributed by atoms with Gasteiger partial charge in [0.2, 0.25) is 11.0 Å². The van der Waals surface area contributed by atoms with Crippen LogP contribution >= 0.6 is 34.4 Å². The van der Waals surface area contributed by atoms with Crippen LogP contribution in [0.5, 0.6) is 0 Å². The molecule has 0 bridgehead atoms. The van der Waals surface area contributed by atoms with E-state index in [-0.39, 0.29) is 0 Å². The minimum absolute atomic E-state index is 0.563. The standard InChI is InChI=1S/C16H18N4OS3/c1-2-5-11(6-3-1)18-15-19-20-16(24-15)23-10-12-9-21-14(17-12)13-7-4-8-22-13/h4,7-9,11H,1-3,5-6,10H2,(H,18,19). The van der Waals surface area contributed by atoms with Crippen LogP contribution in [-0.4, -0.2) is 21.2 Å². The first-order valence-corrected chi connectivity index (χ1v) is 10.8. The Kier molecular flexibility index (Phi) is 5.15. The van der Waals surface area contributed by atoms with Gasteiger partial charge in [-0.05, 0) is 24.3 Å². The predicted molar refractivity (Wildman–Crippen MR) is 99.8 cm³/mol. The fourth-order valence-corrected chi connectivity index (χ4v) is 5.13. The molecule has 0 aromatic carbocycles.